The lowest BCUT2D eigenvalue weighted by atomic mass is 9.80. The highest BCUT2D eigenvalue weighted by atomic mass is 16.6. The number of anilines is 1. The van der Waals surface area contributed by atoms with Crippen molar-refractivity contribution in [3.05, 3.63) is 11.8 Å². The van der Waals surface area contributed by atoms with Gasteiger partial charge in [0.25, 0.3) is 0 Å². The summed E-state index contributed by atoms with van der Waals surface area (Å²) in [7, 11) is 0. The standard InChI is InChI=1S/C14H21N3O2/c1-9-2-4-10(5-3-9)12-6-16-14(15)17-13(12)19-11-7-18-8-11/h6,9-11H,2-5,7-8H2,1H3,(H2,15,16,17). The van der Waals surface area contributed by atoms with Crippen LogP contribution in [-0.2, 0) is 4.74 Å². The maximum absolute atomic E-state index is 5.89. The van der Waals surface area contributed by atoms with Gasteiger partial charge in [0.1, 0.15) is 6.10 Å². The van der Waals surface area contributed by atoms with Crippen LogP contribution in [0.1, 0.15) is 44.1 Å². The van der Waals surface area contributed by atoms with E-state index in [1.165, 1.54) is 25.7 Å². The van der Waals surface area contributed by atoms with Crippen LogP contribution in [0.4, 0.5) is 5.95 Å². The topological polar surface area (TPSA) is 70.3 Å². The number of hydrogen-bond acceptors (Lipinski definition) is 5. The van der Waals surface area contributed by atoms with Gasteiger partial charge in [-0.1, -0.05) is 19.8 Å². The Bertz CT molecular complexity index is 440. The fourth-order valence-electron chi connectivity index (χ4n) is 2.77. The molecule has 0 radical (unpaired) electrons. The van der Waals surface area contributed by atoms with E-state index >= 15 is 0 Å². The predicted molar refractivity (Wildman–Crippen MR) is 72.1 cm³/mol. The maximum Gasteiger partial charge on any atom is 0.223 e. The minimum Gasteiger partial charge on any atom is -0.469 e. The first-order valence-corrected chi connectivity index (χ1v) is 7.09. The first-order chi connectivity index (χ1) is 9.22. The number of nitrogens with zero attached hydrogens (tertiary/aromatic N) is 2. The van der Waals surface area contributed by atoms with Gasteiger partial charge in [-0.05, 0) is 24.7 Å². The molecule has 104 valence electrons. The second-order valence-corrected chi connectivity index (χ2v) is 5.72. The summed E-state index contributed by atoms with van der Waals surface area (Å²) in [4.78, 5) is 8.42. The van der Waals surface area contributed by atoms with E-state index in [9.17, 15) is 0 Å². The van der Waals surface area contributed by atoms with Gasteiger partial charge < -0.3 is 15.2 Å². The lowest BCUT2D eigenvalue weighted by molar-refractivity contribution is -0.0818. The molecule has 0 unspecified atom stereocenters. The quantitative estimate of drug-likeness (QED) is 0.904. The van der Waals surface area contributed by atoms with Crippen LogP contribution in [0.3, 0.4) is 0 Å². The highest BCUT2D eigenvalue weighted by Gasteiger charge is 2.27. The normalized spacial score (nSPS) is 27.8. The smallest absolute Gasteiger partial charge is 0.223 e. The van der Waals surface area contributed by atoms with Crippen molar-refractivity contribution in [2.75, 3.05) is 18.9 Å². The van der Waals surface area contributed by atoms with Crippen LogP contribution < -0.4 is 10.5 Å². The van der Waals surface area contributed by atoms with E-state index in [-0.39, 0.29) is 12.1 Å². The third kappa shape index (κ3) is 2.81. The molecule has 0 atom stereocenters. The van der Waals surface area contributed by atoms with Gasteiger partial charge >= 0.3 is 0 Å². The van der Waals surface area contributed by atoms with Gasteiger partial charge in [-0.3, -0.25) is 0 Å². The zero-order chi connectivity index (χ0) is 13.2. The summed E-state index contributed by atoms with van der Waals surface area (Å²) in [5.74, 6) is 2.28. The van der Waals surface area contributed by atoms with Crippen LogP contribution in [-0.4, -0.2) is 29.3 Å². The fourth-order valence-corrected chi connectivity index (χ4v) is 2.77. The lowest BCUT2D eigenvalue weighted by Gasteiger charge is -2.30. The SMILES string of the molecule is CC1CCC(c2cnc(N)nc2OC2COC2)CC1. The van der Waals surface area contributed by atoms with Gasteiger partial charge in [0.15, 0.2) is 0 Å². The number of rotatable bonds is 3. The second-order valence-electron chi connectivity index (χ2n) is 5.72. The number of nitrogen functional groups attached to an aromatic ring is 1. The Balaban J connectivity index is 1.78. The molecule has 5 nitrogen and oxygen atoms in total. The minimum atomic E-state index is 0.121. The number of nitrogens with two attached hydrogens (primary N) is 1. The molecule has 1 aromatic rings. The third-order valence-corrected chi connectivity index (χ3v) is 4.14. The van der Waals surface area contributed by atoms with E-state index < -0.39 is 0 Å². The fraction of sp³-hybridized carbons (Fsp3) is 0.714. The van der Waals surface area contributed by atoms with Crippen molar-refractivity contribution in [1.29, 1.82) is 0 Å². The number of hydrogen-bond donors (Lipinski definition) is 1. The molecule has 2 fully saturated rings. The van der Waals surface area contributed by atoms with Gasteiger partial charge in [0.2, 0.25) is 11.8 Å². The van der Waals surface area contributed by atoms with E-state index in [2.05, 4.69) is 16.9 Å². The van der Waals surface area contributed by atoms with Gasteiger partial charge in [-0.15, -0.1) is 0 Å². The predicted octanol–water partition coefficient (Wildman–Crippen LogP) is 2.13. The average Bonchev–Trinajstić information content (AvgIpc) is 2.35. The molecule has 19 heavy (non-hydrogen) atoms. The lowest BCUT2D eigenvalue weighted by Crippen LogP contribution is -2.39. The molecule has 1 aromatic heterocycles. The Morgan fingerprint density at radius 3 is 2.63 bits per heavy atom. The molecule has 0 spiro atoms. The Morgan fingerprint density at radius 2 is 2.00 bits per heavy atom. The van der Waals surface area contributed by atoms with Crippen LogP contribution in [0.2, 0.25) is 0 Å². The van der Waals surface area contributed by atoms with E-state index in [1.807, 2.05) is 6.20 Å². The molecule has 0 aromatic carbocycles. The zero-order valence-corrected chi connectivity index (χ0v) is 11.3. The van der Waals surface area contributed by atoms with Crippen molar-refractivity contribution >= 4 is 5.95 Å². The summed E-state index contributed by atoms with van der Waals surface area (Å²) in [6, 6.07) is 0. The minimum absolute atomic E-state index is 0.121. The number of ether oxygens (including phenoxy) is 2. The van der Waals surface area contributed by atoms with Gasteiger partial charge in [-0.25, -0.2) is 4.98 Å². The molecule has 1 saturated carbocycles. The molecule has 3 rings (SSSR count). The van der Waals surface area contributed by atoms with Crippen LogP contribution in [0.25, 0.3) is 0 Å². The molecule has 1 saturated heterocycles. The first kappa shape index (κ1) is 12.7. The van der Waals surface area contributed by atoms with Crippen LogP contribution in [0.15, 0.2) is 6.20 Å². The molecular weight excluding hydrogens is 242 g/mol. The Labute approximate surface area is 113 Å². The molecule has 2 N–H and O–H groups in total. The molecule has 5 heteroatoms. The van der Waals surface area contributed by atoms with Crippen molar-refractivity contribution in [2.45, 2.75) is 44.6 Å². The largest absolute Gasteiger partial charge is 0.469 e. The van der Waals surface area contributed by atoms with Crippen molar-refractivity contribution in [1.82, 2.24) is 9.97 Å². The van der Waals surface area contributed by atoms with Crippen molar-refractivity contribution in [2.24, 2.45) is 5.92 Å². The summed E-state index contributed by atoms with van der Waals surface area (Å²) in [5, 5.41) is 0. The van der Waals surface area contributed by atoms with Gasteiger partial charge in [0, 0.05) is 11.8 Å². The van der Waals surface area contributed by atoms with Crippen molar-refractivity contribution in [3.8, 4) is 5.88 Å². The van der Waals surface area contributed by atoms with Gasteiger partial charge in [0.05, 0.1) is 13.2 Å². The van der Waals surface area contributed by atoms with Gasteiger partial charge in [-0.2, -0.15) is 4.98 Å². The van der Waals surface area contributed by atoms with E-state index in [0.29, 0.717) is 25.0 Å². The molecule has 0 amide bonds. The van der Waals surface area contributed by atoms with Crippen LogP contribution in [0.5, 0.6) is 5.88 Å². The Hall–Kier alpha value is -1.36. The van der Waals surface area contributed by atoms with Crippen LogP contribution in [0, 0.1) is 5.92 Å². The monoisotopic (exact) mass is 263 g/mol. The highest BCUT2D eigenvalue weighted by Crippen LogP contribution is 2.38. The van der Waals surface area contributed by atoms with Crippen molar-refractivity contribution < 1.29 is 9.47 Å². The first-order valence-electron chi connectivity index (χ1n) is 7.09. The number of aromatic nitrogens is 2. The van der Waals surface area contributed by atoms with E-state index in [0.717, 1.165) is 11.5 Å². The van der Waals surface area contributed by atoms with E-state index in [1.54, 1.807) is 0 Å². The molecule has 2 heterocycles. The second kappa shape index (κ2) is 5.33. The van der Waals surface area contributed by atoms with Crippen LogP contribution >= 0.6 is 0 Å². The molecule has 2 aliphatic rings. The Kier molecular flexibility index (Phi) is 3.55. The summed E-state index contributed by atoms with van der Waals surface area (Å²) in [6.07, 6.45) is 6.87. The molecular formula is C14H21N3O2. The molecule has 1 aliphatic heterocycles. The molecule has 0 bridgehead atoms. The molecule has 1 aliphatic carbocycles. The summed E-state index contributed by atoms with van der Waals surface area (Å²) in [6.45, 7) is 3.61. The van der Waals surface area contributed by atoms with Crippen molar-refractivity contribution in [3.63, 3.8) is 0 Å². The average molecular weight is 263 g/mol. The van der Waals surface area contributed by atoms with E-state index in [4.69, 9.17) is 15.2 Å². The highest BCUT2D eigenvalue weighted by molar-refractivity contribution is 5.33. The Morgan fingerprint density at radius 1 is 1.26 bits per heavy atom. The maximum atomic E-state index is 5.89. The summed E-state index contributed by atoms with van der Waals surface area (Å²) in [5.41, 5.74) is 6.80. The third-order valence-electron chi connectivity index (χ3n) is 4.14. The summed E-state index contributed by atoms with van der Waals surface area (Å²) >= 11 is 0. The zero-order valence-electron chi connectivity index (χ0n) is 11.3. The summed E-state index contributed by atoms with van der Waals surface area (Å²) < 4.78 is 11.0.